The summed E-state index contributed by atoms with van der Waals surface area (Å²) in [6, 6.07) is 5.92. The molecule has 1 saturated carbocycles. The minimum absolute atomic E-state index is 0.278. The Labute approximate surface area is 155 Å². The average Bonchev–Trinajstić information content (AvgIpc) is 2.96. The van der Waals surface area contributed by atoms with Gasteiger partial charge in [-0.25, -0.2) is 13.9 Å². The Bertz CT molecular complexity index is 996. The number of nitrogens with one attached hydrogen (secondary N) is 1. The maximum absolute atomic E-state index is 13.3. The quantitative estimate of drug-likeness (QED) is 0.657. The van der Waals surface area contributed by atoms with Crippen LogP contribution in [0.3, 0.4) is 0 Å². The summed E-state index contributed by atoms with van der Waals surface area (Å²) in [6.45, 7) is 2.10. The Balaban J connectivity index is 1.59. The fourth-order valence-corrected chi connectivity index (χ4v) is 5.22. The van der Waals surface area contributed by atoms with Gasteiger partial charge in [0.15, 0.2) is 0 Å². The summed E-state index contributed by atoms with van der Waals surface area (Å²) in [5.74, 6) is -0.282. The summed E-state index contributed by atoms with van der Waals surface area (Å²) in [7, 11) is 0. The topological polar surface area (TPSA) is 67.0 Å². The second-order valence-electron chi connectivity index (χ2n) is 7.68. The van der Waals surface area contributed by atoms with Gasteiger partial charge in [0.2, 0.25) is 6.41 Å². The van der Waals surface area contributed by atoms with E-state index < -0.39 is 0 Å². The first-order valence-electron chi connectivity index (χ1n) is 9.10. The highest BCUT2D eigenvalue weighted by Crippen LogP contribution is 2.65. The number of urea groups is 1. The van der Waals surface area contributed by atoms with E-state index in [-0.39, 0.29) is 22.9 Å². The molecule has 3 amide bonds. The van der Waals surface area contributed by atoms with Crippen molar-refractivity contribution in [2.24, 2.45) is 0 Å². The molecule has 2 aromatic rings. The fourth-order valence-electron chi connectivity index (χ4n) is 5.22. The summed E-state index contributed by atoms with van der Waals surface area (Å²) in [4.78, 5) is 25.1. The number of hydrogen-bond acceptors (Lipinski definition) is 3. The first-order chi connectivity index (χ1) is 13.0. The molecule has 1 aliphatic heterocycles. The number of benzene rings is 1. The van der Waals surface area contributed by atoms with Gasteiger partial charge in [-0.3, -0.25) is 10.1 Å². The maximum Gasteiger partial charge on any atom is 0.325 e. The van der Waals surface area contributed by atoms with Crippen LogP contribution in [0.5, 0.6) is 0 Å². The lowest BCUT2D eigenvalue weighted by atomic mass is 9.71. The highest BCUT2D eigenvalue weighted by atomic mass is 19.1. The first-order valence-corrected chi connectivity index (χ1v) is 9.10. The van der Waals surface area contributed by atoms with Crippen molar-refractivity contribution < 1.29 is 14.0 Å². The van der Waals surface area contributed by atoms with Crippen molar-refractivity contribution >= 4 is 18.5 Å². The van der Waals surface area contributed by atoms with E-state index in [1.165, 1.54) is 17.7 Å². The minimum Gasteiger partial charge on any atom is -0.304 e. The molecule has 2 fully saturated rings. The number of carbonyl (C=O) groups is 2. The van der Waals surface area contributed by atoms with Gasteiger partial charge in [-0.05, 0) is 62.1 Å². The van der Waals surface area contributed by atoms with E-state index in [1.54, 1.807) is 12.1 Å². The monoisotopic (exact) mass is 366 g/mol. The number of nitrogens with zero attached hydrogens (tertiary/aromatic N) is 3. The molecule has 2 heterocycles. The van der Waals surface area contributed by atoms with Gasteiger partial charge in [0.05, 0.1) is 28.7 Å². The van der Waals surface area contributed by atoms with E-state index in [2.05, 4.69) is 23.4 Å². The van der Waals surface area contributed by atoms with Gasteiger partial charge in [-0.15, -0.1) is 0 Å². The Morgan fingerprint density at radius 3 is 2.85 bits per heavy atom. The molecule has 0 radical (unpaired) electrons. The standard InChI is InChI=1S/C20H19FN4O2/c1-19-8-2-3-14-9-17-13(10-20(14,19)25(19)18(27)22-12-26)11-23-24(17)16-6-4-15(21)5-7-16/h4-7,9,11-12H,2-3,8,10H2,1H3,(H,22,26,27)/t19-,20+,25?/m0/s1. The summed E-state index contributed by atoms with van der Waals surface area (Å²) in [5.41, 5.74) is 3.39. The third-order valence-electron chi connectivity index (χ3n) is 6.46. The van der Waals surface area contributed by atoms with Gasteiger partial charge in [0.1, 0.15) is 5.82 Å². The largest absolute Gasteiger partial charge is 0.325 e. The summed E-state index contributed by atoms with van der Waals surface area (Å²) in [5, 5.41) is 6.81. The summed E-state index contributed by atoms with van der Waals surface area (Å²) >= 11 is 0. The number of carbonyl (C=O) groups excluding carboxylic acids is 2. The van der Waals surface area contributed by atoms with Crippen molar-refractivity contribution in [1.29, 1.82) is 0 Å². The number of likely N-dealkylation sites (tertiary alicyclic amines) is 1. The third-order valence-corrected chi connectivity index (χ3v) is 6.46. The molecule has 27 heavy (non-hydrogen) atoms. The number of rotatable bonds is 2. The molecule has 3 aliphatic rings. The lowest BCUT2D eigenvalue weighted by molar-refractivity contribution is -0.108. The van der Waals surface area contributed by atoms with Crippen LogP contribution in [0.2, 0.25) is 0 Å². The number of halogens is 1. The van der Waals surface area contributed by atoms with E-state index in [9.17, 15) is 14.0 Å². The molecule has 0 bridgehead atoms. The first kappa shape index (κ1) is 16.2. The van der Waals surface area contributed by atoms with Crippen LogP contribution in [0.15, 0.2) is 36.0 Å². The van der Waals surface area contributed by atoms with Crippen LogP contribution >= 0.6 is 0 Å². The number of fused-ring (bicyclic) bond motifs is 1. The fraction of sp³-hybridized carbons (Fsp3) is 0.350. The Hall–Kier alpha value is -2.96. The Morgan fingerprint density at radius 2 is 2.11 bits per heavy atom. The zero-order valence-corrected chi connectivity index (χ0v) is 14.9. The Kier molecular flexibility index (Phi) is 3.17. The Morgan fingerprint density at radius 1 is 1.33 bits per heavy atom. The van der Waals surface area contributed by atoms with Crippen LogP contribution in [-0.4, -0.2) is 38.2 Å². The van der Waals surface area contributed by atoms with Crippen LogP contribution in [0.25, 0.3) is 11.8 Å². The van der Waals surface area contributed by atoms with Crippen LogP contribution in [0.1, 0.15) is 37.4 Å². The molecule has 7 heteroatoms. The van der Waals surface area contributed by atoms with Crippen molar-refractivity contribution in [3.05, 3.63) is 53.1 Å². The number of imide groups is 1. The molecule has 1 aromatic heterocycles. The molecule has 2 aliphatic carbocycles. The average molecular weight is 366 g/mol. The molecule has 0 unspecified atom stereocenters. The van der Waals surface area contributed by atoms with Crippen LogP contribution in [-0.2, 0) is 11.2 Å². The highest BCUT2D eigenvalue weighted by molar-refractivity contribution is 5.91. The second kappa shape index (κ2) is 5.28. The van der Waals surface area contributed by atoms with Crippen LogP contribution in [0, 0.1) is 5.82 Å². The van der Waals surface area contributed by atoms with Gasteiger partial charge >= 0.3 is 6.03 Å². The number of hydrogen-bond donors (Lipinski definition) is 1. The van der Waals surface area contributed by atoms with Gasteiger partial charge in [-0.1, -0.05) is 0 Å². The zero-order valence-electron chi connectivity index (χ0n) is 14.9. The van der Waals surface area contributed by atoms with E-state index in [0.29, 0.717) is 12.8 Å². The smallest absolute Gasteiger partial charge is 0.304 e. The molecular weight excluding hydrogens is 347 g/mol. The van der Waals surface area contributed by atoms with E-state index in [1.807, 2.05) is 15.8 Å². The zero-order chi connectivity index (χ0) is 18.8. The van der Waals surface area contributed by atoms with Crippen molar-refractivity contribution in [3.8, 4) is 5.69 Å². The molecule has 1 N–H and O–H groups in total. The summed E-state index contributed by atoms with van der Waals surface area (Å²) in [6.07, 6.45) is 7.89. The normalized spacial score (nSPS) is 27.8. The predicted molar refractivity (Wildman–Crippen MR) is 96.6 cm³/mol. The molecule has 1 spiro atoms. The minimum atomic E-state index is -0.373. The van der Waals surface area contributed by atoms with E-state index in [0.717, 1.165) is 36.2 Å². The highest BCUT2D eigenvalue weighted by Gasteiger charge is 2.76. The van der Waals surface area contributed by atoms with Gasteiger partial charge < -0.3 is 4.90 Å². The molecule has 6 nitrogen and oxygen atoms in total. The van der Waals surface area contributed by atoms with Crippen molar-refractivity contribution in [3.63, 3.8) is 0 Å². The molecule has 5 rings (SSSR count). The van der Waals surface area contributed by atoms with Crippen molar-refractivity contribution in [2.75, 3.05) is 0 Å². The van der Waals surface area contributed by atoms with Crippen LogP contribution < -0.4 is 5.32 Å². The molecule has 138 valence electrons. The predicted octanol–water partition coefficient (Wildman–Crippen LogP) is 2.81. The molecule has 1 saturated heterocycles. The second-order valence-corrected chi connectivity index (χ2v) is 7.68. The molecule has 2 atom stereocenters. The lowest BCUT2D eigenvalue weighted by Gasteiger charge is -2.30. The molecule has 1 aromatic carbocycles. The van der Waals surface area contributed by atoms with E-state index in [4.69, 9.17) is 0 Å². The number of amides is 3. The lowest BCUT2D eigenvalue weighted by Crippen LogP contribution is -2.36. The van der Waals surface area contributed by atoms with Crippen LogP contribution in [0.4, 0.5) is 9.18 Å². The van der Waals surface area contributed by atoms with E-state index >= 15 is 0 Å². The van der Waals surface area contributed by atoms with Crippen molar-refractivity contribution in [1.82, 2.24) is 20.0 Å². The SMILES string of the molecule is C[C@]12CCCC3=Cc4c(cnn4-c4ccc(F)cc4)C[C@@]31N2C(=O)NC=O. The third kappa shape index (κ3) is 1.97. The number of aromatic nitrogens is 2. The maximum atomic E-state index is 13.3. The van der Waals surface area contributed by atoms with Crippen molar-refractivity contribution in [2.45, 2.75) is 43.7 Å². The van der Waals surface area contributed by atoms with Gasteiger partial charge in [-0.2, -0.15) is 5.10 Å². The van der Waals surface area contributed by atoms with Gasteiger partial charge in [0.25, 0.3) is 0 Å². The van der Waals surface area contributed by atoms with Gasteiger partial charge in [0, 0.05) is 12.0 Å². The summed E-state index contributed by atoms with van der Waals surface area (Å²) < 4.78 is 15.1. The molecular formula is C20H19FN4O2.